The molecule has 1 heterocycles. The van der Waals surface area contributed by atoms with Crippen LogP contribution in [0.3, 0.4) is 0 Å². The fourth-order valence-electron chi connectivity index (χ4n) is 2.25. The highest BCUT2D eigenvalue weighted by molar-refractivity contribution is 7.99. The van der Waals surface area contributed by atoms with Crippen LogP contribution in [0.5, 0.6) is 0 Å². The van der Waals surface area contributed by atoms with Crippen LogP contribution in [-0.4, -0.2) is 34.2 Å². The maximum atomic E-state index is 14.2. The molecule has 0 aliphatic rings. The van der Waals surface area contributed by atoms with E-state index >= 15 is 0 Å². The largest absolute Gasteiger partial charge is 0.395 e. The molecule has 118 valence electrons. The number of rotatable bonds is 7. The molecular weight excluding hydrogens is 299 g/mol. The Labute approximate surface area is 135 Å². The van der Waals surface area contributed by atoms with Crippen LogP contribution >= 0.6 is 11.8 Å². The summed E-state index contributed by atoms with van der Waals surface area (Å²) >= 11 is 1.60. The van der Waals surface area contributed by atoms with E-state index < -0.39 is 0 Å². The molecule has 1 aromatic carbocycles. The number of benzene rings is 1. The van der Waals surface area contributed by atoms with Crippen molar-refractivity contribution in [2.45, 2.75) is 24.8 Å². The van der Waals surface area contributed by atoms with Gasteiger partial charge in [-0.15, -0.1) is 0 Å². The lowest BCUT2D eigenvalue weighted by molar-refractivity contribution is 0.275. The van der Waals surface area contributed by atoms with Gasteiger partial charge in [0.1, 0.15) is 5.82 Å². The summed E-state index contributed by atoms with van der Waals surface area (Å²) < 4.78 is 14.2. The van der Waals surface area contributed by atoms with Gasteiger partial charge in [0.2, 0.25) is 0 Å². The Kier molecular flexibility index (Phi) is 6.36. The minimum atomic E-state index is -0.223. The molecule has 3 nitrogen and oxygen atoms in total. The molecule has 0 saturated carbocycles. The minimum absolute atomic E-state index is 0.110. The summed E-state index contributed by atoms with van der Waals surface area (Å²) in [6.07, 6.45) is 5.35. The SMILES string of the molecule is CSC(CO)C(C)NCc1ccc(-c2ccncc2)cc1F. The maximum Gasteiger partial charge on any atom is 0.128 e. The van der Waals surface area contributed by atoms with Gasteiger partial charge in [0.25, 0.3) is 0 Å². The van der Waals surface area contributed by atoms with Gasteiger partial charge in [-0.1, -0.05) is 12.1 Å². The summed E-state index contributed by atoms with van der Waals surface area (Å²) in [7, 11) is 0. The number of aliphatic hydroxyl groups excluding tert-OH is 1. The number of aromatic nitrogens is 1. The summed E-state index contributed by atoms with van der Waals surface area (Å²) in [6.45, 7) is 2.56. The molecule has 0 fully saturated rings. The van der Waals surface area contributed by atoms with Gasteiger partial charge in [0.15, 0.2) is 0 Å². The topological polar surface area (TPSA) is 45.1 Å². The number of hydrogen-bond acceptors (Lipinski definition) is 4. The molecule has 2 rings (SSSR count). The number of thioether (sulfide) groups is 1. The summed E-state index contributed by atoms with van der Waals surface area (Å²) in [6, 6.07) is 9.10. The van der Waals surface area contributed by atoms with Crippen LogP contribution < -0.4 is 5.32 Å². The molecular formula is C17H21FN2OS. The number of nitrogens with zero attached hydrogens (tertiary/aromatic N) is 1. The van der Waals surface area contributed by atoms with Gasteiger partial charge in [0.05, 0.1) is 6.61 Å². The highest BCUT2D eigenvalue weighted by atomic mass is 32.2. The zero-order valence-corrected chi connectivity index (χ0v) is 13.6. The van der Waals surface area contributed by atoms with Crippen LogP contribution in [0.1, 0.15) is 12.5 Å². The Hall–Kier alpha value is -1.43. The average molecular weight is 320 g/mol. The lowest BCUT2D eigenvalue weighted by Gasteiger charge is -2.21. The van der Waals surface area contributed by atoms with E-state index in [-0.39, 0.29) is 23.7 Å². The number of nitrogens with one attached hydrogen (secondary N) is 1. The van der Waals surface area contributed by atoms with Crippen LogP contribution in [0.4, 0.5) is 4.39 Å². The molecule has 0 amide bonds. The first kappa shape index (κ1) is 16.9. The molecule has 2 atom stereocenters. The Morgan fingerprint density at radius 3 is 2.55 bits per heavy atom. The lowest BCUT2D eigenvalue weighted by atomic mass is 10.0. The van der Waals surface area contributed by atoms with Crippen molar-refractivity contribution in [1.82, 2.24) is 10.3 Å². The monoisotopic (exact) mass is 320 g/mol. The number of pyridine rings is 1. The standard InChI is InChI=1S/C17H21FN2OS/c1-12(17(11-21)22-2)20-10-15-4-3-14(9-16(15)18)13-5-7-19-8-6-13/h3-9,12,17,20-21H,10-11H2,1-2H3. The predicted molar refractivity (Wildman–Crippen MR) is 90.3 cm³/mol. The van der Waals surface area contributed by atoms with Crippen LogP contribution in [0.25, 0.3) is 11.1 Å². The molecule has 0 aliphatic heterocycles. The van der Waals surface area contributed by atoms with Gasteiger partial charge in [-0.05, 0) is 42.5 Å². The van der Waals surface area contributed by atoms with Crippen molar-refractivity contribution in [3.05, 3.63) is 54.1 Å². The molecule has 2 N–H and O–H groups in total. The van der Waals surface area contributed by atoms with Crippen molar-refractivity contribution in [2.24, 2.45) is 0 Å². The number of hydrogen-bond donors (Lipinski definition) is 2. The van der Waals surface area contributed by atoms with E-state index in [0.29, 0.717) is 12.1 Å². The number of aliphatic hydroxyl groups is 1. The summed E-state index contributed by atoms with van der Waals surface area (Å²) in [5.74, 6) is -0.223. The normalized spacial score (nSPS) is 13.8. The molecule has 0 aliphatic carbocycles. The zero-order chi connectivity index (χ0) is 15.9. The van der Waals surface area contributed by atoms with E-state index in [1.165, 1.54) is 0 Å². The van der Waals surface area contributed by atoms with Crippen LogP contribution in [-0.2, 0) is 6.54 Å². The third-order valence-electron chi connectivity index (χ3n) is 3.72. The van der Waals surface area contributed by atoms with E-state index in [4.69, 9.17) is 0 Å². The van der Waals surface area contributed by atoms with E-state index in [1.807, 2.05) is 31.4 Å². The predicted octanol–water partition coefficient (Wildman–Crippen LogP) is 3.09. The van der Waals surface area contributed by atoms with Crippen molar-refractivity contribution in [2.75, 3.05) is 12.9 Å². The van der Waals surface area contributed by atoms with E-state index in [2.05, 4.69) is 10.3 Å². The van der Waals surface area contributed by atoms with Crippen molar-refractivity contribution in [3.8, 4) is 11.1 Å². The Bertz CT molecular complexity index is 590. The Morgan fingerprint density at radius 1 is 1.23 bits per heavy atom. The second-order valence-corrected chi connectivity index (χ2v) is 6.25. The Balaban J connectivity index is 2.04. The third kappa shape index (κ3) is 4.29. The summed E-state index contributed by atoms with van der Waals surface area (Å²) in [5, 5.41) is 12.7. The first-order chi connectivity index (χ1) is 10.7. The molecule has 1 aromatic heterocycles. The van der Waals surface area contributed by atoms with Crippen molar-refractivity contribution < 1.29 is 9.50 Å². The summed E-state index contributed by atoms with van der Waals surface area (Å²) in [5.41, 5.74) is 2.42. The molecule has 5 heteroatoms. The molecule has 22 heavy (non-hydrogen) atoms. The van der Waals surface area contributed by atoms with Crippen LogP contribution in [0, 0.1) is 5.82 Å². The first-order valence-electron chi connectivity index (χ1n) is 7.21. The van der Waals surface area contributed by atoms with Gasteiger partial charge in [-0.3, -0.25) is 4.98 Å². The van der Waals surface area contributed by atoms with Crippen LogP contribution in [0.2, 0.25) is 0 Å². The molecule has 2 unspecified atom stereocenters. The first-order valence-corrected chi connectivity index (χ1v) is 8.50. The highest BCUT2D eigenvalue weighted by Gasteiger charge is 2.15. The second kappa shape index (κ2) is 8.27. The lowest BCUT2D eigenvalue weighted by Crippen LogP contribution is -2.37. The fraction of sp³-hybridized carbons (Fsp3) is 0.353. The third-order valence-corrected chi connectivity index (χ3v) is 4.88. The zero-order valence-electron chi connectivity index (χ0n) is 12.8. The van der Waals surface area contributed by atoms with E-state index in [0.717, 1.165) is 11.1 Å². The molecule has 0 spiro atoms. The van der Waals surface area contributed by atoms with Gasteiger partial charge < -0.3 is 10.4 Å². The van der Waals surface area contributed by atoms with E-state index in [1.54, 1.807) is 36.3 Å². The highest BCUT2D eigenvalue weighted by Crippen LogP contribution is 2.21. The van der Waals surface area contributed by atoms with Gasteiger partial charge in [0, 0.05) is 35.8 Å². The maximum absolute atomic E-state index is 14.2. The molecule has 2 aromatic rings. The second-order valence-electron chi connectivity index (χ2n) is 5.17. The average Bonchev–Trinajstić information content (AvgIpc) is 2.55. The van der Waals surface area contributed by atoms with Crippen LogP contribution in [0.15, 0.2) is 42.7 Å². The molecule has 0 saturated heterocycles. The van der Waals surface area contributed by atoms with Crippen molar-refractivity contribution in [3.63, 3.8) is 0 Å². The molecule has 0 radical (unpaired) electrons. The Morgan fingerprint density at radius 2 is 1.95 bits per heavy atom. The van der Waals surface area contributed by atoms with E-state index in [9.17, 15) is 9.50 Å². The van der Waals surface area contributed by atoms with Crippen molar-refractivity contribution in [1.29, 1.82) is 0 Å². The van der Waals surface area contributed by atoms with Gasteiger partial charge in [-0.25, -0.2) is 4.39 Å². The van der Waals surface area contributed by atoms with Gasteiger partial charge >= 0.3 is 0 Å². The van der Waals surface area contributed by atoms with Gasteiger partial charge in [-0.2, -0.15) is 11.8 Å². The minimum Gasteiger partial charge on any atom is -0.395 e. The number of halogens is 1. The van der Waals surface area contributed by atoms with Crippen molar-refractivity contribution >= 4 is 11.8 Å². The fourth-order valence-corrected chi connectivity index (χ4v) is 2.91. The molecule has 0 bridgehead atoms. The summed E-state index contributed by atoms with van der Waals surface area (Å²) in [4.78, 5) is 3.97. The smallest absolute Gasteiger partial charge is 0.128 e. The quantitative estimate of drug-likeness (QED) is 0.823.